The lowest BCUT2D eigenvalue weighted by atomic mass is 10.2. The van der Waals surface area contributed by atoms with Crippen molar-refractivity contribution in [3.8, 4) is 11.5 Å². The molecule has 0 radical (unpaired) electrons. The maximum Gasteiger partial charge on any atom is 0.387 e. The number of hydrogen-bond acceptors (Lipinski definition) is 3. The van der Waals surface area contributed by atoms with E-state index in [1.54, 1.807) is 37.3 Å². The van der Waals surface area contributed by atoms with Crippen molar-refractivity contribution in [1.82, 2.24) is 0 Å². The second kappa shape index (κ2) is 7.40. The van der Waals surface area contributed by atoms with E-state index in [2.05, 4.69) is 10.1 Å². The quantitative estimate of drug-likeness (QED) is 0.885. The van der Waals surface area contributed by atoms with Crippen molar-refractivity contribution in [3.63, 3.8) is 0 Å². The maximum atomic E-state index is 12.3. The van der Waals surface area contributed by atoms with E-state index in [0.29, 0.717) is 5.75 Å². The van der Waals surface area contributed by atoms with Crippen LogP contribution in [0.3, 0.4) is 0 Å². The van der Waals surface area contributed by atoms with Crippen LogP contribution in [0.15, 0.2) is 54.6 Å². The zero-order valence-electron chi connectivity index (χ0n) is 11.8. The molecule has 116 valence electrons. The van der Waals surface area contributed by atoms with Gasteiger partial charge in [-0.25, -0.2) is 0 Å². The highest BCUT2D eigenvalue weighted by Gasteiger charge is 2.17. The summed E-state index contributed by atoms with van der Waals surface area (Å²) in [6.45, 7) is -1.39. The molecule has 4 nitrogen and oxygen atoms in total. The van der Waals surface area contributed by atoms with Gasteiger partial charge in [0.25, 0.3) is 5.91 Å². The average Bonchev–Trinajstić information content (AvgIpc) is 2.49. The molecule has 0 aliphatic rings. The van der Waals surface area contributed by atoms with E-state index in [1.807, 2.05) is 6.07 Å². The van der Waals surface area contributed by atoms with Gasteiger partial charge in [-0.1, -0.05) is 30.3 Å². The van der Waals surface area contributed by atoms with Gasteiger partial charge in [0.05, 0.1) is 5.69 Å². The van der Waals surface area contributed by atoms with Gasteiger partial charge in [-0.3, -0.25) is 4.79 Å². The molecule has 0 aliphatic heterocycles. The zero-order chi connectivity index (χ0) is 15.9. The van der Waals surface area contributed by atoms with Crippen molar-refractivity contribution in [2.45, 2.75) is 19.6 Å². The maximum absolute atomic E-state index is 12.3. The second-order valence-corrected chi connectivity index (χ2v) is 4.44. The molecular weight excluding hydrogens is 292 g/mol. The van der Waals surface area contributed by atoms with Crippen LogP contribution in [0.5, 0.6) is 11.5 Å². The number of benzene rings is 2. The molecule has 2 rings (SSSR count). The number of carbonyl (C=O) groups is 1. The molecule has 22 heavy (non-hydrogen) atoms. The van der Waals surface area contributed by atoms with E-state index in [4.69, 9.17) is 4.74 Å². The molecule has 0 heterocycles. The lowest BCUT2D eigenvalue weighted by molar-refractivity contribution is -0.122. The van der Waals surface area contributed by atoms with Gasteiger partial charge in [-0.15, -0.1) is 0 Å². The summed E-state index contributed by atoms with van der Waals surface area (Å²) in [4.78, 5) is 12.1. The van der Waals surface area contributed by atoms with Gasteiger partial charge in [-0.2, -0.15) is 8.78 Å². The predicted molar refractivity (Wildman–Crippen MR) is 78.2 cm³/mol. The van der Waals surface area contributed by atoms with Crippen molar-refractivity contribution in [2.24, 2.45) is 0 Å². The Kier molecular flexibility index (Phi) is 5.30. The van der Waals surface area contributed by atoms with Crippen LogP contribution in [-0.4, -0.2) is 18.6 Å². The number of ether oxygens (including phenoxy) is 2. The van der Waals surface area contributed by atoms with Crippen molar-refractivity contribution in [2.75, 3.05) is 5.32 Å². The minimum absolute atomic E-state index is 0.0993. The van der Waals surface area contributed by atoms with E-state index in [9.17, 15) is 13.6 Å². The fourth-order valence-electron chi connectivity index (χ4n) is 1.76. The molecule has 0 bridgehead atoms. The van der Waals surface area contributed by atoms with Crippen molar-refractivity contribution < 1.29 is 23.0 Å². The number of amides is 1. The molecular formula is C16H15F2NO3. The Morgan fingerprint density at radius 3 is 2.32 bits per heavy atom. The number of anilines is 1. The lowest BCUT2D eigenvalue weighted by Gasteiger charge is -2.16. The molecule has 0 aliphatic carbocycles. The number of halogens is 2. The van der Waals surface area contributed by atoms with Crippen molar-refractivity contribution in [1.29, 1.82) is 0 Å². The summed E-state index contributed by atoms with van der Waals surface area (Å²) in [7, 11) is 0. The van der Waals surface area contributed by atoms with Crippen molar-refractivity contribution in [3.05, 3.63) is 54.6 Å². The molecule has 1 N–H and O–H groups in total. The van der Waals surface area contributed by atoms with Crippen molar-refractivity contribution >= 4 is 11.6 Å². The highest BCUT2D eigenvalue weighted by molar-refractivity contribution is 5.95. The normalized spacial score (nSPS) is 11.8. The molecule has 1 amide bonds. The number of hydrogen-bond donors (Lipinski definition) is 1. The molecule has 0 spiro atoms. The van der Waals surface area contributed by atoms with Gasteiger partial charge in [0.1, 0.15) is 11.5 Å². The standard InChI is InChI=1S/C16H15F2NO3/c1-11(21-12-7-3-2-4-8-12)15(20)19-13-9-5-6-10-14(13)22-16(17)18/h2-11,16H,1H3,(H,19,20)/t11-/m0/s1. The summed E-state index contributed by atoms with van der Waals surface area (Å²) in [6.07, 6.45) is -0.790. The third-order valence-corrected chi connectivity index (χ3v) is 2.79. The molecule has 0 aromatic heterocycles. The third-order valence-electron chi connectivity index (χ3n) is 2.79. The van der Waals surface area contributed by atoms with Gasteiger partial charge < -0.3 is 14.8 Å². The monoisotopic (exact) mass is 307 g/mol. The second-order valence-electron chi connectivity index (χ2n) is 4.44. The van der Waals surface area contributed by atoms with E-state index in [0.717, 1.165) is 0 Å². The highest BCUT2D eigenvalue weighted by Crippen LogP contribution is 2.25. The van der Waals surface area contributed by atoms with Gasteiger partial charge in [0.2, 0.25) is 0 Å². The van der Waals surface area contributed by atoms with Crippen LogP contribution in [0.1, 0.15) is 6.92 Å². The van der Waals surface area contributed by atoms with Gasteiger partial charge >= 0.3 is 6.61 Å². The summed E-state index contributed by atoms with van der Waals surface area (Å²) in [5.74, 6) is -0.0193. The Bertz CT molecular complexity index is 620. The molecule has 0 fully saturated rings. The van der Waals surface area contributed by atoms with Crippen LogP contribution in [0, 0.1) is 0 Å². The van der Waals surface area contributed by atoms with Crippen LogP contribution in [0.4, 0.5) is 14.5 Å². The zero-order valence-corrected chi connectivity index (χ0v) is 11.8. The minimum Gasteiger partial charge on any atom is -0.481 e. The first kappa shape index (κ1) is 15.8. The Hall–Kier alpha value is -2.63. The number of carbonyl (C=O) groups excluding carboxylic acids is 1. The SMILES string of the molecule is C[C@H](Oc1ccccc1)C(=O)Nc1ccccc1OC(F)F. The summed E-state index contributed by atoms with van der Waals surface area (Å²) in [6, 6.07) is 14.8. The molecule has 0 saturated heterocycles. The first-order valence-corrected chi connectivity index (χ1v) is 6.62. The summed E-state index contributed by atoms with van der Waals surface area (Å²) >= 11 is 0. The van der Waals surface area contributed by atoms with Crippen LogP contribution < -0.4 is 14.8 Å². The first-order valence-electron chi connectivity index (χ1n) is 6.62. The summed E-state index contributed by atoms with van der Waals surface area (Å²) in [5.41, 5.74) is 0.163. The Labute approximate surface area is 126 Å². The fourth-order valence-corrected chi connectivity index (χ4v) is 1.76. The Morgan fingerprint density at radius 2 is 1.64 bits per heavy atom. The Morgan fingerprint density at radius 1 is 1.00 bits per heavy atom. The molecule has 0 saturated carbocycles. The molecule has 1 atom stereocenters. The molecule has 2 aromatic carbocycles. The van der Waals surface area contributed by atoms with Crippen LogP contribution >= 0.6 is 0 Å². The van der Waals surface area contributed by atoms with Crippen LogP contribution in [0.2, 0.25) is 0 Å². The number of para-hydroxylation sites is 3. The van der Waals surface area contributed by atoms with Gasteiger partial charge in [0.15, 0.2) is 6.10 Å². The molecule has 0 unspecified atom stereocenters. The van der Waals surface area contributed by atoms with E-state index >= 15 is 0 Å². The molecule has 2 aromatic rings. The van der Waals surface area contributed by atoms with E-state index < -0.39 is 18.6 Å². The summed E-state index contributed by atoms with van der Waals surface area (Å²) < 4.78 is 34.5. The average molecular weight is 307 g/mol. The smallest absolute Gasteiger partial charge is 0.387 e. The number of nitrogens with one attached hydrogen (secondary N) is 1. The van der Waals surface area contributed by atoms with E-state index in [1.165, 1.54) is 18.2 Å². The minimum atomic E-state index is -2.96. The highest BCUT2D eigenvalue weighted by atomic mass is 19.3. The van der Waals surface area contributed by atoms with Crippen LogP contribution in [-0.2, 0) is 4.79 Å². The third kappa shape index (κ3) is 4.44. The largest absolute Gasteiger partial charge is 0.481 e. The summed E-state index contributed by atoms with van der Waals surface area (Å²) in [5, 5.41) is 2.51. The topological polar surface area (TPSA) is 47.6 Å². The number of rotatable bonds is 6. The van der Waals surface area contributed by atoms with E-state index in [-0.39, 0.29) is 11.4 Å². The fraction of sp³-hybridized carbons (Fsp3) is 0.188. The van der Waals surface area contributed by atoms with Gasteiger partial charge in [-0.05, 0) is 31.2 Å². The first-order chi connectivity index (χ1) is 10.6. The molecule has 6 heteroatoms. The Balaban J connectivity index is 2.02. The number of alkyl halides is 2. The lowest BCUT2D eigenvalue weighted by Crippen LogP contribution is -2.30. The predicted octanol–water partition coefficient (Wildman–Crippen LogP) is 3.69. The van der Waals surface area contributed by atoms with Gasteiger partial charge in [0, 0.05) is 0 Å². The van der Waals surface area contributed by atoms with Crippen LogP contribution in [0.25, 0.3) is 0 Å².